The molecule has 2 fully saturated rings. The van der Waals surface area contributed by atoms with Crippen molar-refractivity contribution in [3.05, 3.63) is 11.6 Å². The van der Waals surface area contributed by atoms with Crippen LogP contribution in [0.5, 0.6) is 0 Å². The van der Waals surface area contributed by atoms with E-state index in [1.807, 2.05) is 0 Å². The van der Waals surface area contributed by atoms with Crippen LogP contribution in [0.2, 0.25) is 0 Å². The molecule has 0 bridgehead atoms. The number of methoxy groups -OCH3 is 1. The van der Waals surface area contributed by atoms with E-state index in [4.69, 9.17) is 9.47 Å². The number of hydrogen-bond donors (Lipinski definition) is 0. The van der Waals surface area contributed by atoms with Gasteiger partial charge in [-0.15, -0.1) is 0 Å². The van der Waals surface area contributed by atoms with Crippen molar-refractivity contribution in [3.63, 3.8) is 0 Å². The van der Waals surface area contributed by atoms with Crippen molar-refractivity contribution < 1.29 is 14.3 Å². The monoisotopic (exact) mass is 236 g/mol. The summed E-state index contributed by atoms with van der Waals surface area (Å²) in [6.45, 7) is 6.77. The van der Waals surface area contributed by atoms with Gasteiger partial charge in [0.25, 0.3) is 0 Å². The van der Waals surface area contributed by atoms with Gasteiger partial charge in [-0.1, -0.05) is 26.8 Å². The van der Waals surface area contributed by atoms with Crippen LogP contribution < -0.4 is 0 Å². The summed E-state index contributed by atoms with van der Waals surface area (Å²) in [7, 11) is 1.45. The van der Waals surface area contributed by atoms with Gasteiger partial charge in [0, 0.05) is 5.92 Å². The van der Waals surface area contributed by atoms with Crippen molar-refractivity contribution in [1.82, 2.24) is 0 Å². The molecule has 94 valence electrons. The topological polar surface area (TPSA) is 38.8 Å². The number of epoxide rings is 1. The zero-order valence-electron chi connectivity index (χ0n) is 10.9. The average molecular weight is 236 g/mol. The second-order valence-electron chi connectivity index (χ2n) is 6.21. The molecule has 4 atom stereocenters. The highest BCUT2D eigenvalue weighted by atomic mass is 16.6. The van der Waals surface area contributed by atoms with E-state index in [1.165, 1.54) is 7.11 Å². The summed E-state index contributed by atoms with van der Waals surface area (Å²) in [5.41, 5.74) is 0.672. The number of allylic oxidation sites excluding steroid dienone is 1. The molecule has 0 radical (unpaired) electrons. The summed E-state index contributed by atoms with van der Waals surface area (Å²) in [5.74, 6) is 0.631. The van der Waals surface area contributed by atoms with Gasteiger partial charge >= 0.3 is 5.97 Å². The lowest BCUT2D eigenvalue weighted by Gasteiger charge is -2.44. The molecule has 0 unspecified atom stereocenters. The van der Waals surface area contributed by atoms with Crippen LogP contribution >= 0.6 is 0 Å². The molecule has 1 heterocycles. The normalized spacial score (nSPS) is 45.6. The van der Waals surface area contributed by atoms with Gasteiger partial charge in [-0.3, -0.25) is 0 Å². The Morgan fingerprint density at radius 3 is 2.76 bits per heavy atom. The number of ether oxygens (including phenoxy) is 2. The maximum Gasteiger partial charge on any atom is 0.336 e. The Hall–Kier alpha value is -0.830. The molecule has 1 spiro atoms. The fourth-order valence-electron chi connectivity index (χ4n) is 3.91. The molecule has 0 aromatic heterocycles. The minimum Gasteiger partial charge on any atom is -0.466 e. The number of rotatable bonds is 1. The predicted octanol–water partition coefficient (Wildman–Crippen LogP) is 2.31. The van der Waals surface area contributed by atoms with Gasteiger partial charge in [-0.05, 0) is 24.2 Å². The van der Waals surface area contributed by atoms with Gasteiger partial charge in [0.1, 0.15) is 5.60 Å². The van der Waals surface area contributed by atoms with E-state index in [2.05, 4.69) is 26.8 Å². The molecule has 17 heavy (non-hydrogen) atoms. The van der Waals surface area contributed by atoms with Crippen molar-refractivity contribution in [2.45, 2.75) is 45.3 Å². The standard InChI is InChI=1S/C14H20O3/c1-8-7-9(12(15)16-4)14-10(13(8,2)3)5-6-11(14)17-14/h7-8,10-11H,5-6H2,1-4H3/t8-,10+,11-,14+/m0/s1. The molecule has 0 amide bonds. The Morgan fingerprint density at radius 2 is 2.18 bits per heavy atom. The van der Waals surface area contributed by atoms with Crippen LogP contribution in [-0.2, 0) is 14.3 Å². The predicted molar refractivity (Wildman–Crippen MR) is 63.4 cm³/mol. The minimum absolute atomic E-state index is 0.197. The lowest BCUT2D eigenvalue weighted by atomic mass is 9.60. The summed E-state index contributed by atoms with van der Waals surface area (Å²) in [5, 5.41) is 0. The first-order chi connectivity index (χ1) is 7.94. The summed E-state index contributed by atoms with van der Waals surface area (Å²) < 4.78 is 10.8. The van der Waals surface area contributed by atoms with E-state index in [-0.39, 0.29) is 23.1 Å². The Kier molecular flexibility index (Phi) is 2.08. The molecule has 3 nitrogen and oxygen atoms in total. The minimum atomic E-state index is -0.302. The SMILES string of the molecule is COC(=O)C1=C[C@H](C)C(C)(C)[C@H]2CC[C@@H]3O[C@@]132. The van der Waals surface area contributed by atoms with Gasteiger partial charge in [-0.2, -0.15) is 0 Å². The molecule has 0 aromatic rings. The van der Waals surface area contributed by atoms with Crippen molar-refractivity contribution in [2.24, 2.45) is 17.3 Å². The number of carbonyl (C=O) groups is 1. The molecule has 1 saturated carbocycles. The molecule has 0 aromatic carbocycles. The molecule has 1 aliphatic heterocycles. The van der Waals surface area contributed by atoms with Gasteiger partial charge in [0.15, 0.2) is 0 Å². The van der Waals surface area contributed by atoms with Gasteiger partial charge in [-0.25, -0.2) is 4.79 Å². The largest absolute Gasteiger partial charge is 0.466 e. The zero-order chi connectivity index (χ0) is 12.4. The van der Waals surface area contributed by atoms with Crippen LogP contribution in [0.25, 0.3) is 0 Å². The lowest BCUT2D eigenvalue weighted by molar-refractivity contribution is -0.137. The maximum atomic E-state index is 11.9. The fraction of sp³-hybridized carbons (Fsp3) is 0.786. The first kappa shape index (κ1) is 11.3. The second-order valence-corrected chi connectivity index (χ2v) is 6.21. The number of hydrogen-bond acceptors (Lipinski definition) is 3. The van der Waals surface area contributed by atoms with Crippen molar-refractivity contribution in [3.8, 4) is 0 Å². The van der Waals surface area contributed by atoms with Crippen LogP contribution in [0.15, 0.2) is 11.6 Å². The quantitative estimate of drug-likeness (QED) is 0.518. The molecule has 2 aliphatic carbocycles. The van der Waals surface area contributed by atoms with Crippen molar-refractivity contribution >= 4 is 5.97 Å². The molecule has 3 aliphatic rings. The number of esters is 1. The van der Waals surface area contributed by atoms with E-state index in [1.54, 1.807) is 0 Å². The molecule has 0 N–H and O–H groups in total. The first-order valence-corrected chi connectivity index (χ1v) is 6.43. The second kappa shape index (κ2) is 3.14. The van der Waals surface area contributed by atoms with E-state index < -0.39 is 0 Å². The van der Waals surface area contributed by atoms with Crippen LogP contribution in [0, 0.1) is 17.3 Å². The molecule has 3 heteroatoms. The van der Waals surface area contributed by atoms with Crippen LogP contribution in [0.3, 0.4) is 0 Å². The van der Waals surface area contributed by atoms with Crippen LogP contribution in [-0.4, -0.2) is 24.8 Å². The third-order valence-corrected chi connectivity index (χ3v) is 5.31. The van der Waals surface area contributed by atoms with Gasteiger partial charge in [0.2, 0.25) is 0 Å². The number of carbonyl (C=O) groups excluding carboxylic acids is 1. The molecular formula is C14H20O3. The van der Waals surface area contributed by atoms with Crippen LogP contribution in [0.4, 0.5) is 0 Å². The molecule has 3 rings (SSSR count). The Morgan fingerprint density at radius 1 is 1.47 bits per heavy atom. The summed E-state index contributed by atoms with van der Waals surface area (Å²) in [4.78, 5) is 11.9. The summed E-state index contributed by atoms with van der Waals surface area (Å²) in [6.07, 6.45) is 4.57. The van der Waals surface area contributed by atoms with E-state index in [0.717, 1.165) is 18.4 Å². The summed E-state index contributed by atoms with van der Waals surface area (Å²) >= 11 is 0. The fourth-order valence-corrected chi connectivity index (χ4v) is 3.91. The van der Waals surface area contributed by atoms with Crippen molar-refractivity contribution in [1.29, 1.82) is 0 Å². The first-order valence-electron chi connectivity index (χ1n) is 6.43. The van der Waals surface area contributed by atoms with Gasteiger partial charge < -0.3 is 9.47 Å². The summed E-state index contributed by atoms with van der Waals surface area (Å²) in [6, 6.07) is 0. The highest BCUT2D eigenvalue weighted by Gasteiger charge is 2.73. The van der Waals surface area contributed by atoms with E-state index in [0.29, 0.717) is 11.8 Å². The molecular weight excluding hydrogens is 216 g/mol. The Balaban J connectivity index is 2.08. The highest BCUT2D eigenvalue weighted by Crippen LogP contribution is 2.66. The third kappa shape index (κ3) is 1.18. The maximum absolute atomic E-state index is 11.9. The van der Waals surface area contributed by atoms with E-state index in [9.17, 15) is 4.79 Å². The van der Waals surface area contributed by atoms with E-state index >= 15 is 0 Å². The zero-order valence-corrected chi connectivity index (χ0v) is 10.9. The Bertz CT molecular complexity index is 410. The lowest BCUT2D eigenvalue weighted by Crippen LogP contribution is -2.45. The van der Waals surface area contributed by atoms with Crippen LogP contribution in [0.1, 0.15) is 33.6 Å². The Labute approximate surface area is 102 Å². The van der Waals surface area contributed by atoms with Crippen molar-refractivity contribution in [2.75, 3.05) is 7.11 Å². The van der Waals surface area contributed by atoms with Gasteiger partial charge in [0.05, 0.1) is 18.8 Å². The average Bonchev–Trinajstić information content (AvgIpc) is 2.88. The third-order valence-electron chi connectivity index (χ3n) is 5.31. The molecule has 1 saturated heterocycles. The smallest absolute Gasteiger partial charge is 0.336 e. The highest BCUT2D eigenvalue weighted by molar-refractivity contribution is 5.92.